The Labute approximate surface area is 216 Å². The van der Waals surface area contributed by atoms with Gasteiger partial charge in [-0.05, 0) is 53.9 Å². The predicted molar refractivity (Wildman–Crippen MR) is 136 cm³/mol. The van der Waals surface area contributed by atoms with Crippen molar-refractivity contribution in [2.75, 3.05) is 6.61 Å². The third-order valence-electron chi connectivity index (χ3n) is 8.02. The van der Waals surface area contributed by atoms with Gasteiger partial charge in [-0.2, -0.15) is 23.3 Å². The van der Waals surface area contributed by atoms with Gasteiger partial charge in [0, 0.05) is 11.1 Å². The molecule has 0 spiro atoms. The van der Waals surface area contributed by atoms with E-state index in [9.17, 15) is 23.1 Å². The second-order valence-corrected chi connectivity index (χ2v) is 11.7. The lowest BCUT2D eigenvalue weighted by molar-refractivity contribution is -0.318. The van der Waals surface area contributed by atoms with Crippen molar-refractivity contribution in [3.8, 4) is 5.75 Å². The summed E-state index contributed by atoms with van der Waals surface area (Å²) in [5.41, 5.74) is -1.50. The van der Waals surface area contributed by atoms with E-state index >= 15 is 0 Å². The summed E-state index contributed by atoms with van der Waals surface area (Å²) in [5, 5.41) is 15.2. The van der Waals surface area contributed by atoms with Crippen LogP contribution in [0.2, 0.25) is 0 Å². The summed E-state index contributed by atoms with van der Waals surface area (Å²) < 4.78 is 48.3. The molecule has 2 aromatic carbocycles. The molecule has 1 N–H and O–H groups in total. The zero-order valence-electron chi connectivity index (χ0n) is 22.0. The maximum Gasteiger partial charge on any atom is 0.439 e. The average molecular weight is 517 g/mol. The molecule has 1 amide bonds. The van der Waals surface area contributed by atoms with Crippen molar-refractivity contribution < 1.29 is 27.8 Å². The van der Waals surface area contributed by atoms with Crippen LogP contribution in [0.4, 0.5) is 13.2 Å². The lowest BCUT2D eigenvalue weighted by atomic mass is 9.66. The molecule has 3 atom stereocenters. The van der Waals surface area contributed by atoms with E-state index in [4.69, 9.17) is 4.74 Å². The van der Waals surface area contributed by atoms with Gasteiger partial charge in [0.05, 0.1) is 5.92 Å². The number of aliphatic hydroxyl groups is 1. The third kappa shape index (κ3) is 5.00. The van der Waals surface area contributed by atoms with Gasteiger partial charge in [-0.15, -0.1) is 0 Å². The number of halogens is 3. The maximum atomic E-state index is 14.3. The Morgan fingerprint density at radius 1 is 1.03 bits per heavy atom. The van der Waals surface area contributed by atoms with Crippen LogP contribution in [0.5, 0.6) is 5.75 Å². The second kappa shape index (κ2) is 9.46. The number of carbonyl (C=O) groups is 1. The van der Waals surface area contributed by atoms with Gasteiger partial charge in [0.15, 0.2) is 6.61 Å². The SMILES string of the molecule is CC(C)(c1ccccc1)c1ccc(OCC(=O)N2N=C3CC[C@H](C(C)(C)C)C[C@H]3[C@@]2(O)C(F)(F)F)cc1. The molecule has 0 saturated heterocycles. The topological polar surface area (TPSA) is 62.1 Å². The Kier molecular flexibility index (Phi) is 6.95. The van der Waals surface area contributed by atoms with E-state index in [1.807, 2.05) is 63.2 Å². The summed E-state index contributed by atoms with van der Waals surface area (Å²) in [6.07, 6.45) is -3.98. The van der Waals surface area contributed by atoms with Gasteiger partial charge < -0.3 is 9.84 Å². The van der Waals surface area contributed by atoms with E-state index in [2.05, 4.69) is 18.9 Å². The largest absolute Gasteiger partial charge is 0.484 e. The van der Waals surface area contributed by atoms with E-state index in [0.29, 0.717) is 18.6 Å². The lowest BCUT2D eigenvalue weighted by Gasteiger charge is -2.42. The molecule has 2 aromatic rings. The quantitative estimate of drug-likeness (QED) is 0.507. The van der Waals surface area contributed by atoms with Crippen molar-refractivity contribution >= 4 is 11.6 Å². The number of fused-ring (bicyclic) bond motifs is 1. The maximum absolute atomic E-state index is 14.3. The minimum atomic E-state index is -5.07. The van der Waals surface area contributed by atoms with Crippen LogP contribution in [0.1, 0.15) is 65.0 Å². The number of hydrazone groups is 1. The van der Waals surface area contributed by atoms with Crippen LogP contribution in [0, 0.1) is 17.3 Å². The molecule has 0 aromatic heterocycles. The van der Waals surface area contributed by atoms with Crippen LogP contribution in [0.25, 0.3) is 0 Å². The van der Waals surface area contributed by atoms with Crippen LogP contribution in [-0.2, 0) is 10.2 Å². The first kappa shape index (κ1) is 27.2. The molecule has 4 rings (SSSR count). The smallest absolute Gasteiger partial charge is 0.439 e. The van der Waals surface area contributed by atoms with Crippen LogP contribution >= 0.6 is 0 Å². The molecule has 1 aliphatic carbocycles. The fraction of sp³-hybridized carbons (Fsp3) is 0.517. The highest BCUT2D eigenvalue weighted by molar-refractivity contribution is 5.93. The molecular weight excluding hydrogens is 481 g/mol. The second-order valence-electron chi connectivity index (χ2n) is 11.7. The molecule has 5 nitrogen and oxygen atoms in total. The zero-order chi connectivity index (χ0) is 27.2. The van der Waals surface area contributed by atoms with Gasteiger partial charge >= 0.3 is 6.18 Å². The molecule has 200 valence electrons. The summed E-state index contributed by atoms with van der Waals surface area (Å²) in [6, 6.07) is 17.1. The van der Waals surface area contributed by atoms with Gasteiger partial charge in [0.2, 0.25) is 0 Å². The standard InChI is InChI=1S/C29H35F3N2O3/c1-26(2,3)21-13-16-24-23(17-21)28(36,29(30,31)32)34(33-24)25(35)18-37-22-14-11-20(12-15-22)27(4,5)19-9-7-6-8-10-19/h6-12,14-15,21,23,36H,13,16-18H2,1-5H3/t21-,23+,28+/m0/s1. The van der Waals surface area contributed by atoms with Gasteiger partial charge in [-0.25, -0.2) is 0 Å². The number of alkyl halides is 3. The van der Waals surface area contributed by atoms with Crippen molar-refractivity contribution in [3.05, 3.63) is 65.7 Å². The molecule has 1 aliphatic heterocycles. The Morgan fingerprint density at radius 3 is 2.19 bits per heavy atom. The summed E-state index contributed by atoms with van der Waals surface area (Å²) in [6.45, 7) is 9.44. The first-order valence-corrected chi connectivity index (χ1v) is 12.6. The summed E-state index contributed by atoms with van der Waals surface area (Å²) in [4.78, 5) is 12.9. The summed E-state index contributed by atoms with van der Waals surface area (Å²) in [7, 11) is 0. The van der Waals surface area contributed by atoms with Crippen molar-refractivity contribution in [3.63, 3.8) is 0 Å². The molecule has 0 bridgehead atoms. The highest BCUT2D eigenvalue weighted by Gasteiger charge is 2.69. The molecular formula is C29H35F3N2O3. The highest BCUT2D eigenvalue weighted by Crippen LogP contribution is 2.51. The Bertz CT molecular complexity index is 1150. The summed E-state index contributed by atoms with van der Waals surface area (Å²) >= 11 is 0. The zero-order valence-corrected chi connectivity index (χ0v) is 22.0. The van der Waals surface area contributed by atoms with Crippen LogP contribution in [-0.4, -0.2) is 40.2 Å². The Hall–Kier alpha value is -2.87. The van der Waals surface area contributed by atoms with Gasteiger partial charge in [-0.1, -0.05) is 77.1 Å². The molecule has 0 unspecified atom stereocenters. The first-order valence-electron chi connectivity index (χ1n) is 12.6. The first-order chi connectivity index (χ1) is 17.2. The van der Waals surface area contributed by atoms with E-state index in [0.717, 1.165) is 11.1 Å². The number of ether oxygens (including phenoxy) is 1. The molecule has 1 fully saturated rings. The van der Waals surface area contributed by atoms with Gasteiger partial charge in [-0.3, -0.25) is 4.79 Å². The van der Waals surface area contributed by atoms with Crippen molar-refractivity contribution in [1.82, 2.24) is 5.01 Å². The number of hydrogen-bond acceptors (Lipinski definition) is 4. The Balaban J connectivity index is 1.49. The lowest BCUT2D eigenvalue weighted by Crippen LogP contribution is -2.62. The highest BCUT2D eigenvalue weighted by atomic mass is 19.4. The number of rotatable bonds is 5. The van der Waals surface area contributed by atoms with E-state index in [-0.39, 0.29) is 33.9 Å². The minimum Gasteiger partial charge on any atom is -0.484 e. The number of carbonyl (C=O) groups excluding carboxylic acids is 1. The molecule has 0 radical (unpaired) electrons. The van der Waals surface area contributed by atoms with Gasteiger partial charge in [0.1, 0.15) is 5.75 Å². The third-order valence-corrected chi connectivity index (χ3v) is 8.02. The molecule has 37 heavy (non-hydrogen) atoms. The Morgan fingerprint density at radius 2 is 1.62 bits per heavy atom. The van der Waals surface area contributed by atoms with E-state index in [1.54, 1.807) is 12.1 Å². The van der Waals surface area contributed by atoms with Gasteiger partial charge in [0.25, 0.3) is 11.6 Å². The van der Waals surface area contributed by atoms with Crippen LogP contribution in [0.15, 0.2) is 59.7 Å². The normalized spacial score (nSPS) is 24.5. The number of benzene rings is 2. The van der Waals surface area contributed by atoms with Crippen molar-refractivity contribution in [2.45, 2.75) is 71.2 Å². The number of amides is 1. The van der Waals surface area contributed by atoms with Crippen LogP contribution in [0.3, 0.4) is 0 Å². The van der Waals surface area contributed by atoms with Crippen molar-refractivity contribution in [1.29, 1.82) is 0 Å². The molecule has 1 heterocycles. The molecule has 1 saturated carbocycles. The monoisotopic (exact) mass is 516 g/mol. The summed E-state index contributed by atoms with van der Waals surface area (Å²) in [5.74, 6) is -2.01. The van der Waals surface area contributed by atoms with Crippen molar-refractivity contribution in [2.24, 2.45) is 22.4 Å². The predicted octanol–water partition coefficient (Wildman–Crippen LogP) is 6.30. The molecule has 8 heteroatoms. The number of hydrogen-bond donors (Lipinski definition) is 1. The minimum absolute atomic E-state index is 0.0321. The fourth-order valence-corrected chi connectivity index (χ4v) is 5.45. The van der Waals surface area contributed by atoms with Crippen LogP contribution < -0.4 is 4.74 Å². The van der Waals surface area contributed by atoms with E-state index in [1.165, 1.54) is 0 Å². The molecule has 2 aliphatic rings. The number of nitrogens with zero attached hydrogens (tertiary/aromatic N) is 2. The average Bonchev–Trinajstić information content (AvgIpc) is 3.16. The van der Waals surface area contributed by atoms with E-state index < -0.39 is 30.3 Å². The fourth-order valence-electron chi connectivity index (χ4n) is 5.45.